The van der Waals surface area contributed by atoms with Crippen LogP contribution >= 0.6 is 0 Å². The second-order valence-electron chi connectivity index (χ2n) is 3.97. The van der Waals surface area contributed by atoms with Crippen LogP contribution in [0.4, 0.5) is 0 Å². The molecule has 0 aromatic heterocycles. The van der Waals surface area contributed by atoms with E-state index in [1.807, 2.05) is 13.8 Å². The molecule has 0 aromatic rings. The first-order valence-corrected chi connectivity index (χ1v) is 5.07. The van der Waals surface area contributed by atoms with Crippen LogP contribution in [0.3, 0.4) is 0 Å². The van der Waals surface area contributed by atoms with Crippen molar-refractivity contribution in [3.05, 3.63) is 0 Å². The minimum Gasteiger partial charge on any atom is -0.479 e. The van der Waals surface area contributed by atoms with Gasteiger partial charge < -0.3 is 14.6 Å². The van der Waals surface area contributed by atoms with Gasteiger partial charge in [-0.3, -0.25) is 0 Å². The maximum absolute atomic E-state index is 10.8. The molecule has 1 aliphatic rings. The normalized spacial score (nSPS) is 24.1. The number of carboxylic acid groups (broad SMARTS) is 1. The maximum Gasteiger partial charge on any atom is 0.333 e. The van der Waals surface area contributed by atoms with E-state index < -0.39 is 12.1 Å². The summed E-state index contributed by atoms with van der Waals surface area (Å²) in [7, 11) is 0. The second kappa shape index (κ2) is 5.32. The first-order valence-electron chi connectivity index (χ1n) is 5.07. The molecule has 0 radical (unpaired) electrons. The predicted molar refractivity (Wildman–Crippen MR) is 51.2 cm³/mol. The maximum atomic E-state index is 10.8. The molecule has 4 heteroatoms. The molecule has 0 unspecified atom stereocenters. The second-order valence-corrected chi connectivity index (χ2v) is 3.97. The monoisotopic (exact) mass is 202 g/mol. The molecule has 0 saturated carbocycles. The standard InChI is InChI=1S/C10H18O4/c1-7(2)9(10(11)12)14-6-8-4-3-5-13-8/h7-9H,3-6H2,1-2H3,(H,11,12)/t8-,9-/m0/s1. The van der Waals surface area contributed by atoms with E-state index in [4.69, 9.17) is 14.6 Å². The fourth-order valence-electron chi connectivity index (χ4n) is 1.54. The van der Waals surface area contributed by atoms with Crippen LogP contribution in [0.5, 0.6) is 0 Å². The molecule has 1 aliphatic heterocycles. The van der Waals surface area contributed by atoms with Gasteiger partial charge in [-0.15, -0.1) is 0 Å². The molecular formula is C10H18O4. The number of hydrogen-bond acceptors (Lipinski definition) is 3. The lowest BCUT2D eigenvalue weighted by molar-refractivity contribution is -0.155. The van der Waals surface area contributed by atoms with E-state index in [2.05, 4.69) is 0 Å². The number of carboxylic acids is 1. The third-order valence-corrected chi connectivity index (χ3v) is 2.33. The average Bonchev–Trinajstić information content (AvgIpc) is 2.55. The Labute approximate surface area is 84.2 Å². The molecule has 14 heavy (non-hydrogen) atoms. The molecule has 0 amide bonds. The lowest BCUT2D eigenvalue weighted by Gasteiger charge is -2.19. The Morgan fingerprint density at radius 1 is 1.64 bits per heavy atom. The predicted octanol–water partition coefficient (Wildman–Crippen LogP) is 1.29. The summed E-state index contributed by atoms with van der Waals surface area (Å²) in [4.78, 5) is 10.8. The highest BCUT2D eigenvalue weighted by Crippen LogP contribution is 2.14. The quantitative estimate of drug-likeness (QED) is 0.730. The Hall–Kier alpha value is -0.610. The zero-order chi connectivity index (χ0) is 10.6. The molecule has 4 nitrogen and oxygen atoms in total. The number of aliphatic carboxylic acids is 1. The van der Waals surface area contributed by atoms with Crippen molar-refractivity contribution in [2.45, 2.75) is 38.9 Å². The lowest BCUT2D eigenvalue weighted by atomic mass is 10.1. The Kier molecular flexibility index (Phi) is 4.35. The van der Waals surface area contributed by atoms with Gasteiger partial charge in [0.1, 0.15) is 0 Å². The Bertz CT molecular complexity index is 185. The molecule has 0 aromatic carbocycles. The summed E-state index contributed by atoms with van der Waals surface area (Å²) in [6, 6.07) is 0. The fraction of sp³-hybridized carbons (Fsp3) is 0.900. The van der Waals surface area contributed by atoms with Gasteiger partial charge in [0.2, 0.25) is 0 Å². The van der Waals surface area contributed by atoms with Gasteiger partial charge in [-0.1, -0.05) is 13.8 Å². The molecule has 82 valence electrons. The van der Waals surface area contributed by atoms with Crippen molar-refractivity contribution in [3.8, 4) is 0 Å². The Morgan fingerprint density at radius 3 is 2.79 bits per heavy atom. The van der Waals surface area contributed by atoms with Crippen molar-refractivity contribution >= 4 is 5.97 Å². The minimum absolute atomic E-state index is 0.00565. The topological polar surface area (TPSA) is 55.8 Å². The van der Waals surface area contributed by atoms with E-state index in [-0.39, 0.29) is 12.0 Å². The van der Waals surface area contributed by atoms with Gasteiger partial charge in [0.15, 0.2) is 6.10 Å². The number of ether oxygens (including phenoxy) is 2. The molecular weight excluding hydrogens is 184 g/mol. The minimum atomic E-state index is -0.891. The fourth-order valence-corrected chi connectivity index (χ4v) is 1.54. The number of rotatable bonds is 5. The molecule has 2 atom stereocenters. The molecule has 0 aliphatic carbocycles. The molecule has 1 N–H and O–H groups in total. The summed E-state index contributed by atoms with van der Waals surface area (Å²) in [5, 5.41) is 8.85. The SMILES string of the molecule is CC(C)[C@H](OC[C@@H]1CCCO1)C(=O)O. The molecule has 1 rings (SSSR count). The van der Waals surface area contributed by atoms with E-state index in [9.17, 15) is 4.79 Å². The van der Waals surface area contributed by atoms with E-state index in [1.54, 1.807) is 0 Å². The molecule has 0 bridgehead atoms. The van der Waals surface area contributed by atoms with Crippen molar-refractivity contribution in [1.29, 1.82) is 0 Å². The van der Waals surface area contributed by atoms with Crippen LogP contribution in [0, 0.1) is 5.92 Å². The summed E-state index contributed by atoms with van der Waals surface area (Å²) in [5.74, 6) is -0.896. The van der Waals surface area contributed by atoms with E-state index in [1.165, 1.54) is 0 Å². The number of hydrogen-bond donors (Lipinski definition) is 1. The van der Waals surface area contributed by atoms with E-state index in [0.717, 1.165) is 19.4 Å². The molecule has 1 saturated heterocycles. The lowest BCUT2D eigenvalue weighted by Crippen LogP contribution is -2.32. The zero-order valence-corrected chi connectivity index (χ0v) is 8.73. The summed E-state index contributed by atoms with van der Waals surface area (Å²) >= 11 is 0. The van der Waals surface area contributed by atoms with E-state index in [0.29, 0.717) is 6.61 Å². The smallest absolute Gasteiger partial charge is 0.333 e. The van der Waals surface area contributed by atoms with Gasteiger partial charge in [-0.25, -0.2) is 4.79 Å². The van der Waals surface area contributed by atoms with Crippen molar-refractivity contribution < 1.29 is 19.4 Å². The molecule has 1 fully saturated rings. The van der Waals surface area contributed by atoms with Crippen LogP contribution in [-0.4, -0.2) is 36.5 Å². The highest BCUT2D eigenvalue weighted by atomic mass is 16.6. The largest absolute Gasteiger partial charge is 0.479 e. The summed E-state index contributed by atoms with van der Waals surface area (Å²) in [6.07, 6.45) is 1.41. The first kappa shape index (κ1) is 11.5. The third kappa shape index (κ3) is 3.27. The molecule has 1 heterocycles. The zero-order valence-electron chi connectivity index (χ0n) is 8.73. The summed E-state index contributed by atoms with van der Waals surface area (Å²) in [5.41, 5.74) is 0. The number of carbonyl (C=O) groups is 1. The van der Waals surface area contributed by atoms with E-state index >= 15 is 0 Å². The van der Waals surface area contributed by atoms with Crippen molar-refractivity contribution in [2.24, 2.45) is 5.92 Å². The summed E-state index contributed by atoms with van der Waals surface area (Å²) < 4.78 is 10.7. The average molecular weight is 202 g/mol. The first-order chi connectivity index (χ1) is 6.61. The summed E-state index contributed by atoms with van der Waals surface area (Å²) in [6.45, 7) is 4.85. The van der Waals surface area contributed by atoms with Crippen molar-refractivity contribution in [2.75, 3.05) is 13.2 Å². The highest BCUT2D eigenvalue weighted by molar-refractivity contribution is 5.72. The van der Waals surface area contributed by atoms with Gasteiger partial charge >= 0.3 is 5.97 Å². The van der Waals surface area contributed by atoms with Crippen molar-refractivity contribution in [3.63, 3.8) is 0 Å². The Morgan fingerprint density at radius 2 is 2.36 bits per heavy atom. The Balaban J connectivity index is 2.28. The molecule has 0 spiro atoms. The van der Waals surface area contributed by atoms with Crippen LogP contribution in [0.1, 0.15) is 26.7 Å². The van der Waals surface area contributed by atoms with Gasteiger partial charge in [-0.05, 0) is 18.8 Å². The van der Waals surface area contributed by atoms with Gasteiger partial charge in [0, 0.05) is 6.61 Å². The van der Waals surface area contributed by atoms with Gasteiger partial charge in [0.25, 0.3) is 0 Å². The van der Waals surface area contributed by atoms with Crippen molar-refractivity contribution in [1.82, 2.24) is 0 Å². The third-order valence-electron chi connectivity index (χ3n) is 2.33. The van der Waals surface area contributed by atoms with Gasteiger partial charge in [-0.2, -0.15) is 0 Å². The van der Waals surface area contributed by atoms with Gasteiger partial charge in [0.05, 0.1) is 12.7 Å². The van der Waals surface area contributed by atoms with Crippen LogP contribution in [-0.2, 0) is 14.3 Å². The van der Waals surface area contributed by atoms with Crippen LogP contribution in [0.2, 0.25) is 0 Å². The van der Waals surface area contributed by atoms with Crippen LogP contribution in [0.15, 0.2) is 0 Å². The van der Waals surface area contributed by atoms with Crippen LogP contribution in [0.25, 0.3) is 0 Å². The highest BCUT2D eigenvalue weighted by Gasteiger charge is 2.24. The van der Waals surface area contributed by atoms with Crippen LogP contribution < -0.4 is 0 Å².